The second-order valence-electron chi connectivity index (χ2n) is 6.98. The first-order chi connectivity index (χ1) is 12.8. The molecule has 1 heterocycles. The van der Waals surface area contributed by atoms with Crippen molar-refractivity contribution in [2.75, 3.05) is 10.7 Å². The fraction of sp³-hybridized carbons (Fsp3) is 0.200. The van der Waals surface area contributed by atoms with Gasteiger partial charge in [-0.1, -0.05) is 17.7 Å². The molecule has 3 rings (SSSR count). The summed E-state index contributed by atoms with van der Waals surface area (Å²) in [7, 11) is 0. The fourth-order valence-corrected chi connectivity index (χ4v) is 2.66. The van der Waals surface area contributed by atoms with Crippen LogP contribution in [0.5, 0.6) is 0 Å². The quantitative estimate of drug-likeness (QED) is 0.403. The van der Waals surface area contributed by atoms with E-state index in [2.05, 4.69) is 20.8 Å². The summed E-state index contributed by atoms with van der Waals surface area (Å²) in [6.07, 6.45) is 3.02. The zero-order valence-electron chi connectivity index (χ0n) is 15.3. The predicted octanol–water partition coefficient (Wildman–Crippen LogP) is 5.61. The fourth-order valence-electron chi connectivity index (χ4n) is 2.53. The number of nitrogens with zero attached hydrogens (tertiary/aromatic N) is 1. The Morgan fingerprint density at radius 3 is 2.63 bits per heavy atom. The minimum atomic E-state index is -0.567. The van der Waals surface area contributed by atoms with Crippen LogP contribution in [0.2, 0.25) is 5.02 Å². The number of carbonyl (C=O) groups excluding carboxylic acids is 1. The molecule has 0 aliphatic heterocycles. The van der Waals surface area contributed by atoms with Crippen molar-refractivity contribution in [3.63, 3.8) is 0 Å². The first kappa shape index (κ1) is 18.8. The van der Waals surface area contributed by atoms with Crippen LogP contribution in [0.25, 0.3) is 10.9 Å². The average molecular weight is 385 g/mol. The van der Waals surface area contributed by atoms with Gasteiger partial charge in [-0.25, -0.2) is 4.79 Å². The van der Waals surface area contributed by atoms with Crippen molar-refractivity contribution in [3.05, 3.63) is 59.2 Å². The summed E-state index contributed by atoms with van der Waals surface area (Å²) in [5, 5.41) is 8.58. The van der Waals surface area contributed by atoms with Crippen molar-refractivity contribution >= 4 is 46.2 Å². The molecule has 0 aliphatic carbocycles. The molecule has 0 saturated heterocycles. The zero-order valence-corrected chi connectivity index (χ0v) is 16.1. The van der Waals surface area contributed by atoms with Crippen LogP contribution in [0.4, 0.5) is 16.2 Å². The lowest BCUT2D eigenvalue weighted by Gasteiger charge is -2.20. The molecule has 0 unspecified atom stereocenters. The molecule has 27 heavy (non-hydrogen) atoms. The van der Waals surface area contributed by atoms with Crippen LogP contribution in [0, 0.1) is 0 Å². The normalized spacial score (nSPS) is 11.7. The number of fused-ring (bicyclic) bond motifs is 1. The second kappa shape index (κ2) is 7.72. The molecule has 0 aliphatic rings. The van der Waals surface area contributed by atoms with Crippen molar-refractivity contribution < 1.29 is 9.53 Å². The number of hydrogen-bond donors (Lipinski definition) is 3. The van der Waals surface area contributed by atoms with Crippen LogP contribution in [0.1, 0.15) is 26.3 Å². The van der Waals surface area contributed by atoms with E-state index in [1.54, 1.807) is 18.3 Å². The van der Waals surface area contributed by atoms with Gasteiger partial charge in [-0.3, -0.25) is 10.7 Å². The number of benzene rings is 2. The van der Waals surface area contributed by atoms with Crippen molar-refractivity contribution in [2.45, 2.75) is 26.4 Å². The largest absolute Gasteiger partial charge is 0.444 e. The van der Waals surface area contributed by atoms with E-state index in [0.29, 0.717) is 10.7 Å². The Hall–Kier alpha value is -2.99. The van der Waals surface area contributed by atoms with Gasteiger partial charge < -0.3 is 9.72 Å². The number of hydrogen-bond acceptors (Lipinski definition) is 4. The van der Waals surface area contributed by atoms with E-state index in [1.807, 2.05) is 57.3 Å². The summed E-state index contributed by atoms with van der Waals surface area (Å²) >= 11 is 5.88. The standard InChI is InChI=1S/C20H21ClN4O2/c1-20(2,3)27-19(26)24-17-6-4-5-16-18(17)13(11-22-16)12-23-25-15-9-7-14(21)8-10-15/h4-12,22,25H,1-3H3,(H,24,26)/b23-12+. The van der Waals surface area contributed by atoms with Gasteiger partial charge in [0.05, 0.1) is 17.6 Å². The number of ether oxygens (including phenoxy) is 1. The number of nitrogens with one attached hydrogen (secondary N) is 3. The lowest BCUT2D eigenvalue weighted by atomic mass is 10.1. The van der Waals surface area contributed by atoms with Gasteiger partial charge in [0.1, 0.15) is 5.60 Å². The van der Waals surface area contributed by atoms with E-state index in [1.165, 1.54) is 0 Å². The van der Waals surface area contributed by atoms with Crippen molar-refractivity contribution in [2.24, 2.45) is 5.10 Å². The van der Waals surface area contributed by atoms with Crippen LogP contribution in [-0.4, -0.2) is 22.9 Å². The third-order valence-electron chi connectivity index (χ3n) is 3.61. The van der Waals surface area contributed by atoms with E-state index >= 15 is 0 Å². The van der Waals surface area contributed by atoms with Crippen molar-refractivity contribution in [3.8, 4) is 0 Å². The van der Waals surface area contributed by atoms with E-state index in [9.17, 15) is 4.79 Å². The van der Waals surface area contributed by atoms with Gasteiger partial charge in [0.25, 0.3) is 0 Å². The number of anilines is 2. The highest BCUT2D eigenvalue weighted by Gasteiger charge is 2.17. The number of rotatable bonds is 4. The zero-order chi connectivity index (χ0) is 19.4. The van der Waals surface area contributed by atoms with Crippen LogP contribution < -0.4 is 10.7 Å². The third-order valence-corrected chi connectivity index (χ3v) is 3.87. The topological polar surface area (TPSA) is 78.5 Å². The Kier molecular flexibility index (Phi) is 5.37. The Morgan fingerprint density at radius 2 is 1.93 bits per heavy atom. The maximum absolute atomic E-state index is 12.1. The highest BCUT2D eigenvalue weighted by Crippen LogP contribution is 2.26. The summed E-state index contributed by atoms with van der Waals surface area (Å²) in [4.78, 5) is 15.3. The van der Waals surface area contributed by atoms with Gasteiger partial charge >= 0.3 is 6.09 Å². The second-order valence-corrected chi connectivity index (χ2v) is 7.41. The summed E-state index contributed by atoms with van der Waals surface area (Å²) in [6, 6.07) is 12.9. The lowest BCUT2D eigenvalue weighted by molar-refractivity contribution is 0.0636. The minimum Gasteiger partial charge on any atom is -0.444 e. The molecule has 7 heteroatoms. The van der Waals surface area contributed by atoms with Gasteiger partial charge in [-0.05, 0) is 57.2 Å². The number of hydrazone groups is 1. The molecule has 3 N–H and O–H groups in total. The van der Waals surface area contributed by atoms with Gasteiger partial charge in [0.15, 0.2) is 0 Å². The summed E-state index contributed by atoms with van der Waals surface area (Å²) < 4.78 is 5.34. The minimum absolute atomic E-state index is 0.502. The number of aromatic nitrogens is 1. The Labute approximate surface area is 162 Å². The molecule has 0 spiro atoms. The smallest absolute Gasteiger partial charge is 0.412 e. The molecule has 0 radical (unpaired) electrons. The molecular weight excluding hydrogens is 364 g/mol. The monoisotopic (exact) mass is 384 g/mol. The first-order valence-electron chi connectivity index (χ1n) is 8.46. The van der Waals surface area contributed by atoms with Crippen LogP contribution >= 0.6 is 11.6 Å². The number of carbonyl (C=O) groups is 1. The van der Waals surface area contributed by atoms with Crippen molar-refractivity contribution in [1.29, 1.82) is 0 Å². The summed E-state index contributed by atoms with van der Waals surface area (Å²) in [5.74, 6) is 0. The maximum Gasteiger partial charge on any atom is 0.412 e. The highest BCUT2D eigenvalue weighted by molar-refractivity contribution is 6.30. The average Bonchev–Trinajstić information content (AvgIpc) is 2.99. The molecule has 0 atom stereocenters. The van der Waals surface area contributed by atoms with Crippen LogP contribution in [0.3, 0.4) is 0 Å². The van der Waals surface area contributed by atoms with Gasteiger partial charge in [-0.15, -0.1) is 0 Å². The molecule has 1 aromatic heterocycles. The molecule has 0 fully saturated rings. The molecule has 1 amide bonds. The number of halogens is 1. The van der Waals surface area contributed by atoms with Gasteiger partial charge in [-0.2, -0.15) is 5.10 Å². The Morgan fingerprint density at radius 1 is 1.19 bits per heavy atom. The number of H-pyrrole nitrogens is 1. The van der Waals surface area contributed by atoms with E-state index < -0.39 is 11.7 Å². The predicted molar refractivity (Wildman–Crippen MR) is 111 cm³/mol. The first-order valence-corrected chi connectivity index (χ1v) is 8.84. The molecular formula is C20H21ClN4O2. The molecule has 0 saturated carbocycles. The Balaban J connectivity index is 1.81. The summed E-state index contributed by atoms with van der Waals surface area (Å²) in [5.41, 5.74) is 5.57. The van der Waals surface area contributed by atoms with E-state index in [4.69, 9.17) is 16.3 Å². The van der Waals surface area contributed by atoms with E-state index in [-0.39, 0.29) is 0 Å². The summed E-state index contributed by atoms with van der Waals surface area (Å²) in [6.45, 7) is 5.47. The van der Waals surface area contributed by atoms with Crippen LogP contribution in [0.15, 0.2) is 53.8 Å². The Bertz CT molecular complexity index is 972. The maximum atomic E-state index is 12.1. The highest BCUT2D eigenvalue weighted by atomic mass is 35.5. The van der Waals surface area contributed by atoms with Crippen LogP contribution in [-0.2, 0) is 4.74 Å². The van der Waals surface area contributed by atoms with E-state index in [0.717, 1.165) is 22.2 Å². The molecule has 3 aromatic rings. The molecule has 2 aromatic carbocycles. The van der Waals surface area contributed by atoms with Crippen molar-refractivity contribution in [1.82, 2.24) is 4.98 Å². The number of aromatic amines is 1. The molecule has 6 nitrogen and oxygen atoms in total. The van der Waals surface area contributed by atoms with Gasteiger partial charge in [0, 0.05) is 27.7 Å². The molecule has 0 bridgehead atoms. The lowest BCUT2D eigenvalue weighted by Crippen LogP contribution is -2.27. The third kappa shape index (κ3) is 5.01. The van der Waals surface area contributed by atoms with Gasteiger partial charge in [0.2, 0.25) is 0 Å². The SMILES string of the molecule is CC(C)(C)OC(=O)Nc1cccc2[nH]cc(/C=N/Nc3ccc(Cl)cc3)c12. The number of amides is 1. The molecule has 140 valence electrons.